The molecular weight excluding hydrogens is 370 g/mol. The number of benzene rings is 2. The summed E-state index contributed by atoms with van der Waals surface area (Å²) in [5.74, 6) is -0.0957. The Kier molecular flexibility index (Phi) is 8.01. The molecule has 0 aliphatic rings. The number of rotatable bonds is 8. The number of carbonyl (C=O) groups excluding carboxylic acids is 2. The molecule has 0 radical (unpaired) electrons. The van der Waals surface area contributed by atoms with E-state index in [1.54, 1.807) is 36.0 Å². The first-order chi connectivity index (χ1) is 12.5. The molecule has 26 heavy (non-hydrogen) atoms. The summed E-state index contributed by atoms with van der Waals surface area (Å²) >= 11 is 7.66. The summed E-state index contributed by atoms with van der Waals surface area (Å²) in [7, 11) is 0. The second-order valence-electron chi connectivity index (χ2n) is 5.88. The number of thioether (sulfide) groups is 1. The number of aryl methyl sites for hydroxylation is 1. The fourth-order valence-electron chi connectivity index (χ4n) is 2.31. The van der Waals surface area contributed by atoms with Crippen LogP contribution in [0.25, 0.3) is 0 Å². The van der Waals surface area contributed by atoms with Crippen LogP contribution < -0.4 is 5.32 Å². The molecule has 1 unspecified atom stereocenters. The largest absolute Gasteiger partial charge is 0.459 e. The van der Waals surface area contributed by atoms with Crippen molar-refractivity contribution in [3.8, 4) is 0 Å². The molecule has 1 atom stereocenters. The van der Waals surface area contributed by atoms with E-state index >= 15 is 0 Å². The van der Waals surface area contributed by atoms with Gasteiger partial charge in [0, 0.05) is 0 Å². The fraction of sp³-hybridized carbons (Fsp3) is 0.300. The molecule has 0 heterocycles. The lowest BCUT2D eigenvalue weighted by Gasteiger charge is -2.18. The van der Waals surface area contributed by atoms with Crippen molar-refractivity contribution in [2.75, 3.05) is 12.0 Å². The fourth-order valence-corrected chi connectivity index (χ4v) is 3.00. The lowest BCUT2D eigenvalue weighted by atomic mass is 10.1. The molecule has 4 nitrogen and oxygen atoms in total. The minimum atomic E-state index is -0.711. The molecule has 2 aromatic rings. The van der Waals surface area contributed by atoms with Gasteiger partial charge in [-0.15, -0.1) is 0 Å². The first-order valence-corrected chi connectivity index (χ1v) is 10.0. The standard InChI is InChI=1S/C20H22ClNO3S/c1-14-7-9-15(10-8-14)13-25-20(24)18(11-12-26-2)22-19(23)16-5-3-4-6-17(16)21/h3-10,18H,11-13H2,1-2H3,(H,22,23). The maximum Gasteiger partial charge on any atom is 0.329 e. The van der Waals surface area contributed by atoms with Gasteiger partial charge in [0.25, 0.3) is 5.91 Å². The molecule has 0 fully saturated rings. The van der Waals surface area contributed by atoms with E-state index in [0.717, 1.165) is 16.9 Å². The molecule has 2 rings (SSSR count). The number of esters is 1. The summed E-state index contributed by atoms with van der Waals surface area (Å²) < 4.78 is 5.40. The zero-order valence-electron chi connectivity index (χ0n) is 14.8. The molecule has 0 saturated heterocycles. The summed E-state index contributed by atoms with van der Waals surface area (Å²) in [5.41, 5.74) is 2.39. The van der Waals surface area contributed by atoms with Crippen LogP contribution in [-0.4, -0.2) is 29.9 Å². The van der Waals surface area contributed by atoms with Crippen molar-refractivity contribution in [2.24, 2.45) is 0 Å². The van der Waals surface area contributed by atoms with Crippen molar-refractivity contribution in [3.63, 3.8) is 0 Å². The van der Waals surface area contributed by atoms with Gasteiger partial charge in [-0.2, -0.15) is 11.8 Å². The number of halogens is 1. The summed E-state index contributed by atoms with van der Waals surface area (Å²) in [6, 6.07) is 13.8. The predicted molar refractivity (Wildman–Crippen MR) is 107 cm³/mol. The summed E-state index contributed by atoms with van der Waals surface area (Å²) in [5, 5.41) is 3.09. The number of hydrogen-bond donors (Lipinski definition) is 1. The van der Waals surface area contributed by atoms with Gasteiger partial charge < -0.3 is 10.1 Å². The van der Waals surface area contributed by atoms with E-state index < -0.39 is 12.0 Å². The van der Waals surface area contributed by atoms with E-state index in [4.69, 9.17) is 16.3 Å². The van der Waals surface area contributed by atoms with Gasteiger partial charge in [-0.1, -0.05) is 53.6 Å². The minimum absolute atomic E-state index is 0.177. The van der Waals surface area contributed by atoms with Gasteiger partial charge in [-0.25, -0.2) is 4.79 Å². The van der Waals surface area contributed by atoms with Gasteiger partial charge in [-0.05, 0) is 43.0 Å². The molecule has 0 aliphatic heterocycles. The first-order valence-electron chi connectivity index (χ1n) is 8.27. The Morgan fingerprint density at radius 1 is 1.15 bits per heavy atom. The third kappa shape index (κ3) is 6.07. The number of carbonyl (C=O) groups is 2. The molecule has 6 heteroatoms. The average molecular weight is 392 g/mol. The van der Waals surface area contributed by atoms with Crippen LogP contribution in [-0.2, 0) is 16.1 Å². The van der Waals surface area contributed by atoms with Crippen LogP contribution in [0.2, 0.25) is 5.02 Å². The first kappa shape index (κ1) is 20.3. The molecule has 0 saturated carbocycles. The molecule has 0 aliphatic carbocycles. The minimum Gasteiger partial charge on any atom is -0.459 e. The van der Waals surface area contributed by atoms with Crippen LogP contribution in [0.15, 0.2) is 48.5 Å². The summed E-state index contributed by atoms with van der Waals surface area (Å²) in [4.78, 5) is 24.9. The van der Waals surface area contributed by atoms with E-state index in [1.165, 1.54) is 0 Å². The molecule has 0 spiro atoms. The molecule has 1 amide bonds. The number of amides is 1. The number of nitrogens with one attached hydrogen (secondary N) is 1. The third-order valence-corrected chi connectivity index (χ3v) is 4.79. The van der Waals surface area contributed by atoms with Gasteiger partial charge in [0.1, 0.15) is 12.6 Å². The van der Waals surface area contributed by atoms with Crippen molar-refractivity contribution in [2.45, 2.75) is 26.0 Å². The lowest BCUT2D eigenvalue weighted by molar-refractivity contribution is -0.147. The molecule has 138 valence electrons. The summed E-state index contributed by atoms with van der Waals surface area (Å²) in [6.45, 7) is 2.18. The van der Waals surface area contributed by atoms with Crippen LogP contribution in [0, 0.1) is 6.92 Å². The van der Waals surface area contributed by atoms with Crippen molar-refractivity contribution in [3.05, 3.63) is 70.2 Å². The van der Waals surface area contributed by atoms with Crippen LogP contribution in [0.3, 0.4) is 0 Å². The summed E-state index contributed by atoms with van der Waals surface area (Å²) in [6.07, 6.45) is 2.44. The van der Waals surface area contributed by atoms with Crippen molar-refractivity contribution in [1.29, 1.82) is 0 Å². The normalized spacial score (nSPS) is 11.7. The van der Waals surface area contributed by atoms with Gasteiger partial charge in [0.05, 0.1) is 10.6 Å². The highest BCUT2D eigenvalue weighted by Gasteiger charge is 2.23. The van der Waals surface area contributed by atoms with E-state index in [9.17, 15) is 9.59 Å². The molecular formula is C20H22ClNO3S. The quantitative estimate of drug-likeness (QED) is 0.683. The number of hydrogen-bond acceptors (Lipinski definition) is 4. The van der Waals surface area contributed by atoms with E-state index in [2.05, 4.69) is 5.32 Å². The van der Waals surface area contributed by atoms with Gasteiger partial charge >= 0.3 is 5.97 Å². The SMILES string of the molecule is CSCCC(NC(=O)c1ccccc1Cl)C(=O)OCc1ccc(C)cc1. The highest BCUT2D eigenvalue weighted by Crippen LogP contribution is 2.15. The number of ether oxygens (including phenoxy) is 1. The lowest BCUT2D eigenvalue weighted by Crippen LogP contribution is -2.42. The Balaban J connectivity index is 2.00. The van der Waals surface area contributed by atoms with Crippen LogP contribution in [0.4, 0.5) is 0 Å². The second kappa shape index (κ2) is 10.2. The Labute approximate surface area is 163 Å². The van der Waals surface area contributed by atoms with Crippen molar-refractivity contribution in [1.82, 2.24) is 5.32 Å². The molecule has 0 aromatic heterocycles. The average Bonchev–Trinajstić information content (AvgIpc) is 2.64. The van der Waals surface area contributed by atoms with Crippen LogP contribution >= 0.6 is 23.4 Å². The Morgan fingerprint density at radius 3 is 2.50 bits per heavy atom. The van der Waals surface area contributed by atoms with E-state index in [1.807, 2.05) is 37.4 Å². The van der Waals surface area contributed by atoms with Crippen LogP contribution in [0.5, 0.6) is 0 Å². The Bertz CT molecular complexity index is 749. The van der Waals surface area contributed by atoms with Crippen LogP contribution in [0.1, 0.15) is 27.9 Å². The highest BCUT2D eigenvalue weighted by atomic mass is 35.5. The predicted octanol–water partition coefficient (Wildman–Crippen LogP) is 4.24. The third-order valence-electron chi connectivity index (χ3n) is 3.82. The van der Waals surface area contributed by atoms with Gasteiger partial charge in [-0.3, -0.25) is 4.79 Å². The maximum absolute atomic E-state index is 12.5. The van der Waals surface area contributed by atoms with E-state index in [0.29, 0.717) is 17.0 Å². The Morgan fingerprint density at radius 2 is 1.85 bits per heavy atom. The van der Waals surface area contributed by atoms with Crippen molar-refractivity contribution >= 4 is 35.2 Å². The second-order valence-corrected chi connectivity index (χ2v) is 7.27. The molecule has 1 N–H and O–H groups in total. The van der Waals surface area contributed by atoms with Gasteiger partial charge in [0.2, 0.25) is 0 Å². The maximum atomic E-state index is 12.5. The Hall–Kier alpha value is -1.98. The van der Waals surface area contributed by atoms with Crippen molar-refractivity contribution < 1.29 is 14.3 Å². The highest BCUT2D eigenvalue weighted by molar-refractivity contribution is 7.98. The topological polar surface area (TPSA) is 55.4 Å². The monoisotopic (exact) mass is 391 g/mol. The molecule has 0 bridgehead atoms. The van der Waals surface area contributed by atoms with Gasteiger partial charge in [0.15, 0.2) is 0 Å². The van der Waals surface area contributed by atoms with E-state index in [-0.39, 0.29) is 12.5 Å². The molecule has 2 aromatic carbocycles. The zero-order chi connectivity index (χ0) is 18.9. The smallest absolute Gasteiger partial charge is 0.329 e. The zero-order valence-corrected chi connectivity index (χ0v) is 16.4.